The van der Waals surface area contributed by atoms with E-state index in [1.165, 1.54) is 0 Å². The summed E-state index contributed by atoms with van der Waals surface area (Å²) in [6.45, 7) is 0. The Morgan fingerprint density at radius 3 is 2.60 bits per heavy atom. The average Bonchev–Trinajstić information content (AvgIpc) is 1.94. The molecule has 0 saturated carbocycles. The molecule has 0 aliphatic carbocycles. The molecule has 1 aromatic carbocycles. The standard InChI is InChI=1S/C6H6O3S/c7-9-8-5-3-1-2-4-6(5)10/h1-4,7,10H. The van der Waals surface area contributed by atoms with E-state index in [1.54, 1.807) is 24.3 Å². The van der Waals surface area contributed by atoms with Crippen molar-refractivity contribution >= 4 is 12.6 Å². The maximum absolute atomic E-state index is 7.89. The van der Waals surface area contributed by atoms with E-state index >= 15 is 0 Å². The van der Waals surface area contributed by atoms with Gasteiger partial charge in [-0.25, -0.2) is 5.26 Å². The van der Waals surface area contributed by atoms with Crippen LogP contribution in [0, 0.1) is 0 Å². The van der Waals surface area contributed by atoms with Crippen LogP contribution in [0.5, 0.6) is 5.75 Å². The monoisotopic (exact) mass is 158 g/mol. The van der Waals surface area contributed by atoms with Gasteiger partial charge in [0, 0.05) is 0 Å². The maximum Gasteiger partial charge on any atom is 0.181 e. The molecule has 0 aromatic heterocycles. The smallest absolute Gasteiger partial charge is 0.181 e. The lowest BCUT2D eigenvalue weighted by atomic mass is 10.3. The van der Waals surface area contributed by atoms with Crippen LogP contribution in [0.2, 0.25) is 0 Å². The summed E-state index contributed by atoms with van der Waals surface area (Å²) in [6, 6.07) is 6.89. The van der Waals surface area contributed by atoms with Gasteiger partial charge in [0.05, 0.1) is 4.90 Å². The summed E-state index contributed by atoms with van der Waals surface area (Å²) < 4.78 is 0. The van der Waals surface area contributed by atoms with Crippen molar-refractivity contribution in [1.29, 1.82) is 0 Å². The molecule has 0 atom stereocenters. The van der Waals surface area contributed by atoms with Crippen molar-refractivity contribution in [3.05, 3.63) is 24.3 Å². The molecule has 0 aliphatic heterocycles. The van der Waals surface area contributed by atoms with Gasteiger partial charge in [-0.3, -0.25) is 0 Å². The molecular weight excluding hydrogens is 152 g/mol. The Balaban J connectivity index is 2.81. The molecule has 0 heterocycles. The van der Waals surface area contributed by atoms with Gasteiger partial charge in [0.25, 0.3) is 0 Å². The van der Waals surface area contributed by atoms with E-state index in [0.717, 1.165) is 0 Å². The van der Waals surface area contributed by atoms with E-state index in [4.69, 9.17) is 5.26 Å². The quantitative estimate of drug-likeness (QED) is 0.391. The van der Waals surface area contributed by atoms with Crippen LogP contribution in [0.4, 0.5) is 0 Å². The summed E-state index contributed by atoms with van der Waals surface area (Å²) >= 11 is 4.02. The lowest BCUT2D eigenvalue weighted by molar-refractivity contribution is -0.439. The molecule has 1 N–H and O–H groups in total. The van der Waals surface area contributed by atoms with Gasteiger partial charge in [-0.2, -0.15) is 0 Å². The molecular formula is C6H6O3S. The van der Waals surface area contributed by atoms with Crippen LogP contribution in [0.15, 0.2) is 29.2 Å². The number of rotatable bonds is 2. The first kappa shape index (κ1) is 7.40. The Labute approximate surface area is 63.5 Å². The molecule has 54 valence electrons. The normalized spacial score (nSPS) is 9.40. The third-order valence-corrected chi connectivity index (χ3v) is 1.36. The van der Waals surface area contributed by atoms with Crippen LogP contribution < -0.4 is 4.89 Å². The fraction of sp³-hybridized carbons (Fsp3) is 0. The number of para-hydroxylation sites is 1. The van der Waals surface area contributed by atoms with Gasteiger partial charge in [0.15, 0.2) is 5.75 Å². The van der Waals surface area contributed by atoms with Gasteiger partial charge in [-0.15, -0.1) is 12.6 Å². The first-order chi connectivity index (χ1) is 4.84. The fourth-order valence-electron chi connectivity index (χ4n) is 0.568. The SMILES string of the molecule is OOOc1ccccc1S. The summed E-state index contributed by atoms with van der Waals surface area (Å²) in [6.07, 6.45) is 0. The Morgan fingerprint density at radius 1 is 1.30 bits per heavy atom. The molecule has 0 radical (unpaired) electrons. The second kappa shape index (κ2) is 3.46. The van der Waals surface area contributed by atoms with Crippen molar-refractivity contribution in [3.63, 3.8) is 0 Å². The third-order valence-electron chi connectivity index (χ3n) is 0.992. The Hall–Kier alpha value is -0.710. The number of thiol groups is 1. The number of hydrogen-bond acceptors (Lipinski definition) is 4. The fourth-order valence-corrected chi connectivity index (χ4v) is 0.766. The minimum atomic E-state index is 0.383. The van der Waals surface area contributed by atoms with Crippen LogP contribution >= 0.6 is 12.6 Å². The zero-order valence-electron chi connectivity index (χ0n) is 5.02. The molecule has 0 saturated heterocycles. The highest BCUT2D eigenvalue weighted by Crippen LogP contribution is 2.20. The van der Waals surface area contributed by atoms with Gasteiger partial charge >= 0.3 is 0 Å². The number of benzene rings is 1. The third kappa shape index (κ3) is 1.63. The molecule has 4 heteroatoms. The van der Waals surface area contributed by atoms with Crippen molar-refractivity contribution in [3.8, 4) is 5.75 Å². The highest BCUT2D eigenvalue weighted by molar-refractivity contribution is 7.80. The zero-order chi connectivity index (χ0) is 7.40. The zero-order valence-corrected chi connectivity index (χ0v) is 5.91. The second-order valence-corrected chi connectivity index (χ2v) is 2.11. The van der Waals surface area contributed by atoms with Crippen LogP contribution in [-0.4, -0.2) is 5.26 Å². The van der Waals surface area contributed by atoms with E-state index in [2.05, 4.69) is 22.6 Å². The molecule has 1 aromatic rings. The number of hydrogen-bond donors (Lipinski definition) is 2. The lowest BCUT2D eigenvalue weighted by Gasteiger charge is -1.99. The molecule has 3 nitrogen and oxygen atoms in total. The van der Waals surface area contributed by atoms with E-state index in [1.807, 2.05) is 0 Å². The summed E-state index contributed by atoms with van der Waals surface area (Å²) in [7, 11) is 0. The molecule has 0 amide bonds. The Morgan fingerprint density at radius 2 is 2.00 bits per heavy atom. The summed E-state index contributed by atoms with van der Waals surface area (Å²) in [5.41, 5.74) is 0. The van der Waals surface area contributed by atoms with Gasteiger partial charge < -0.3 is 4.89 Å². The molecule has 0 spiro atoms. The molecule has 0 aliphatic rings. The largest absolute Gasteiger partial charge is 0.307 e. The van der Waals surface area contributed by atoms with Gasteiger partial charge in [0.1, 0.15) is 0 Å². The average molecular weight is 158 g/mol. The van der Waals surface area contributed by atoms with Crippen molar-refractivity contribution in [2.45, 2.75) is 4.90 Å². The van der Waals surface area contributed by atoms with Crippen molar-refractivity contribution < 1.29 is 15.2 Å². The van der Waals surface area contributed by atoms with Crippen LogP contribution in [-0.2, 0) is 5.04 Å². The summed E-state index contributed by atoms with van der Waals surface area (Å²) in [5, 5.41) is 11.3. The predicted octanol–water partition coefficient (Wildman–Crippen LogP) is 1.76. The predicted molar refractivity (Wildman–Crippen MR) is 38.0 cm³/mol. The highest BCUT2D eigenvalue weighted by Gasteiger charge is 1.96. The highest BCUT2D eigenvalue weighted by atomic mass is 32.1. The van der Waals surface area contributed by atoms with Gasteiger partial charge in [-0.1, -0.05) is 12.1 Å². The first-order valence-electron chi connectivity index (χ1n) is 2.60. The molecule has 10 heavy (non-hydrogen) atoms. The molecule has 0 unspecified atom stereocenters. The first-order valence-corrected chi connectivity index (χ1v) is 3.05. The van der Waals surface area contributed by atoms with E-state index in [0.29, 0.717) is 10.6 Å². The second-order valence-electron chi connectivity index (χ2n) is 1.63. The lowest BCUT2D eigenvalue weighted by Crippen LogP contribution is -1.91. The molecule has 1 rings (SSSR count). The summed E-state index contributed by atoms with van der Waals surface area (Å²) in [5.74, 6) is 0.383. The van der Waals surface area contributed by atoms with Crippen molar-refractivity contribution in [2.24, 2.45) is 0 Å². The minimum absolute atomic E-state index is 0.383. The van der Waals surface area contributed by atoms with E-state index < -0.39 is 0 Å². The topological polar surface area (TPSA) is 38.7 Å². The maximum atomic E-state index is 7.89. The van der Waals surface area contributed by atoms with E-state index in [-0.39, 0.29) is 0 Å². The minimum Gasteiger partial charge on any atom is -0.307 e. The van der Waals surface area contributed by atoms with Gasteiger partial charge in [0.2, 0.25) is 0 Å². The summed E-state index contributed by atoms with van der Waals surface area (Å²) in [4.78, 5) is 4.92. The Bertz CT molecular complexity index is 214. The van der Waals surface area contributed by atoms with E-state index in [9.17, 15) is 0 Å². The molecule has 0 bridgehead atoms. The Kier molecular flexibility index (Phi) is 2.56. The van der Waals surface area contributed by atoms with Crippen LogP contribution in [0.3, 0.4) is 0 Å². The van der Waals surface area contributed by atoms with Crippen LogP contribution in [0.25, 0.3) is 0 Å². The molecule has 0 fully saturated rings. The van der Waals surface area contributed by atoms with Crippen molar-refractivity contribution in [2.75, 3.05) is 0 Å². The van der Waals surface area contributed by atoms with Crippen LogP contribution in [0.1, 0.15) is 0 Å². The van der Waals surface area contributed by atoms with Crippen molar-refractivity contribution in [1.82, 2.24) is 0 Å². The van der Waals surface area contributed by atoms with Gasteiger partial charge in [-0.05, 0) is 17.2 Å².